The van der Waals surface area contributed by atoms with Gasteiger partial charge in [-0.1, -0.05) is 34.1 Å². The minimum absolute atomic E-state index is 0.0554. The van der Waals surface area contributed by atoms with Gasteiger partial charge in [-0.25, -0.2) is 4.98 Å². The van der Waals surface area contributed by atoms with Crippen LogP contribution in [-0.4, -0.2) is 9.91 Å². The Morgan fingerprint density at radius 1 is 1.42 bits per heavy atom. The lowest BCUT2D eigenvalue weighted by atomic mass is 10.1. The molecule has 0 aliphatic rings. The van der Waals surface area contributed by atoms with Crippen LogP contribution in [0.5, 0.6) is 0 Å². The SMILES string of the molecule is Cc1nc(C)c(C(Br)Cc2ccccc2[N+](=O)[O-])s1. The third kappa shape index (κ3) is 3.19. The predicted molar refractivity (Wildman–Crippen MR) is 80.1 cm³/mol. The second kappa shape index (κ2) is 5.79. The summed E-state index contributed by atoms with van der Waals surface area (Å²) < 4.78 is 0. The molecule has 2 rings (SSSR count). The highest BCUT2D eigenvalue weighted by Gasteiger charge is 2.20. The first-order valence-corrected chi connectivity index (χ1v) is 7.52. The summed E-state index contributed by atoms with van der Waals surface area (Å²) in [6, 6.07) is 6.86. The first kappa shape index (κ1) is 14.1. The van der Waals surface area contributed by atoms with Crippen molar-refractivity contribution in [2.24, 2.45) is 0 Å². The molecule has 19 heavy (non-hydrogen) atoms. The Morgan fingerprint density at radius 2 is 2.11 bits per heavy atom. The summed E-state index contributed by atoms with van der Waals surface area (Å²) in [6.45, 7) is 3.93. The fourth-order valence-corrected chi connectivity index (χ4v) is 3.85. The van der Waals surface area contributed by atoms with E-state index in [4.69, 9.17) is 0 Å². The zero-order valence-corrected chi connectivity index (χ0v) is 13.0. The van der Waals surface area contributed by atoms with E-state index in [1.807, 2.05) is 19.9 Å². The monoisotopic (exact) mass is 340 g/mol. The number of rotatable bonds is 4. The van der Waals surface area contributed by atoms with E-state index in [1.54, 1.807) is 29.5 Å². The maximum Gasteiger partial charge on any atom is 0.272 e. The van der Waals surface area contributed by atoms with Crippen LogP contribution in [0, 0.1) is 24.0 Å². The normalized spacial score (nSPS) is 12.4. The molecule has 0 amide bonds. The van der Waals surface area contributed by atoms with Gasteiger partial charge in [0.25, 0.3) is 5.69 Å². The summed E-state index contributed by atoms with van der Waals surface area (Å²) in [5, 5.41) is 12.0. The zero-order chi connectivity index (χ0) is 14.0. The number of hydrogen-bond donors (Lipinski definition) is 0. The van der Waals surface area contributed by atoms with Crippen LogP contribution in [0.15, 0.2) is 24.3 Å². The van der Waals surface area contributed by atoms with Crippen molar-refractivity contribution in [3.8, 4) is 0 Å². The third-order valence-corrected chi connectivity index (χ3v) is 5.08. The van der Waals surface area contributed by atoms with Gasteiger partial charge in [-0.05, 0) is 20.3 Å². The van der Waals surface area contributed by atoms with Gasteiger partial charge in [-0.15, -0.1) is 11.3 Å². The molecule has 6 heteroatoms. The van der Waals surface area contributed by atoms with Crippen LogP contribution in [0.3, 0.4) is 0 Å². The van der Waals surface area contributed by atoms with E-state index in [9.17, 15) is 10.1 Å². The van der Waals surface area contributed by atoms with Crippen molar-refractivity contribution >= 4 is 33.0 Å². The second-order valence-electron chi connectivity index (χ2n) is 4.24. The van der Waals surface area contributed by atoms with Crippen LogP contribution in [-0.2, 0) is 6.42 Å². The molecule has 100 valence electrons. The molecule has 0 spiro atoms. The Balaban J connectivity index is 2.26. The van der Waals surface area contributed by atoms with Gasteiger partial charge in [0.2, 0.25) is 0 Å². The number of benzene rings is 1. The third-order valence-electron chi connectivity index (χ3n) is 2.81. The van der Waals surface area contributed by atoms with Gasteiger partial charge >= 0.3 is 0 Å². The molecule has 1 aromatic heterocycles. The highest BCUT2D eigenvalue weighted by atomic mass is 79.9. The Hall–Kier alpha value is -1.27. The molecule has 0 aliphatic heterocycles. The standard InChI is InChI=1S/C13H13BrN2O2S/c1-8-13(19-9(2)15-8)11(14)7-10-5-3-4-6-12(10)16(17)18/h3-6,11H,7H2,1-2H3. The van der Waals surface area contributed by atoms with Gasteiger partial charge in [0.1, 0.15) is 0 Å². The molecule has 0 radical (unpaired) electrons. The van der Waals surface area contributed by atoms with Gasteiger partial charge in [0.15, 0.2) is 0 Å². The molecule has 0 saturated carbocycles. The first-order chi connectivity index (χ1) is 8.99. The highest BCUT2D eigenvalue weighted by molar-refractivity contribution is 9.09. The van der Waals surface area contributed by atoms with Gasteiger partial charge in [-0.2, -0.15) is 0 Å². The molecule has 0 N–H and O–H groups in total. The molecule has 2 aromatic rings. The van der Waals surface area contributed by atoms with Crippen LogP contribution in [0.2, 0.25) is 0 Å². The van der Waals surface area contributed by atoms with Gasteiger partial charge < -0.3 is 0 Å². The van der Waals surface area contributed by atoms with E-state index in [-0.39, 0.29) is 15.4 Å². The summed E-state index contributed by atoms with van der Waals surface area (Å²) in [5.41, 5.74) is 1.90. The fourth-order valence-electron chi connectivity index (χ4n) is 1.98. The van der Waals surface area contributed by atoms with Crippen molar-refractivity contribution in [1.82, 2.24) is 4.98 Å². The maximum atomic E-state index is 11.0. The van der Waals surface area contributed by atoms with E-state index in [0.717, 1.165) is 21.1 Å². The number of nitro benzene ring substituents is 1. The number of thiazole rings is 1. The second-order valence-corrected chi connectivity index (χ2v) is 6.58. The van der Waals surface area contributed by atoms with E-state index in [2.05, 4.69) is 20.9 Å². The van der Waals surface area contributed by atoms with E-state index >= 15 is 0 Å². The number of nitrogens with zero attached hydrogens (tertiary/aromatic N) is 2. The fraction of sp³-hybridized carbons (Fsp3) is 0.308. The largest absolute Gasteiger partial charge is 0.272 e. The lowest BCUT2D eigenvalue weighted by molar-refractivity contribution is -0.385. The van der Waals surface area contributed by atoms with Crippen LogP contribution in [0.1, 0.15) is 26.0 Å². The zero-order valence-electron chi connectivity index (χ0n) is 10.6. The molecule has 1 aromatic carbocycles. The molecule has 0 aliphatic carbocycles. The van der Waals surface area contributed by atoms with E-state index < -0.39 is 0 Å². The van der Waals surface area contributed by atoms with Gasteiger partial charge in [0, 0.05) is 16.5 Å². The highest BCUT2D eigenvalue weighted by Crippen LogP contribution is 2.35. The Bertz CT molecular complexity index is 612. The number of halogens is 1. The minimum Gasteiger partial charge on any atom is -0.258 e. The van der Waals surface area contributed by atoms with Crippen LogP contribution < -0.4 is 0 Å². The average Bonchev–Trinajstić information content (AvgIpc) is 2.69. The summed E-state index contributed by atoms with van der Waals surface area (Å²) in [6.07, 6.45) is 0.583. The smallest absolute Gasteiger partial charge is 0.258 e. The number of aromatic nitrogens is 1. The van der Waals surface area contributed by atoms with Crippen molar-refractivity contribution in [3.05, 3.63) is 55.5 Å². The number of hydrogen-bond acceptors (Lipinski definition) is 4. The van der Waals surface area contributed by atoms with Crippen LogP contribution in [0.4, 0.5) is 5.69 Å². The van der Waals surface area contributed by atoms with Crippen molar-refractivity contribution < 1.29 is 4.92 Å². The van der Waals surface area contributed by atoms with Crippen LogP contribution >= 0.6 is 27.3 Å². The summed E-state index contributed by atoms with van der Waals surface area (Å²) >= 11 is 5.25. The molecule has 0 bridgehead atoms. The first-order valence-electron chi connectivity index (χ1n) is 5.79. The Kier molecular flexibility index (Phi) is 4.31. The molecular formula is C13H13BrN2O2S. The number of alkyl halides is 1. The minimum atomic E-state index is -0.333. The lowest BCUT2D eigenvalue weighted by Crippen LogP contribution is -1.99. The Labute approximate surface area is 123 Å². The van der Waals surface area contributed by atoms with Gasteiger partial charge in [0.05, 0.1) is 20.5 Å². The van der Waals surface area contributed by atoms with Crippen LogP contribution in [0.25, 0.3) is 0 Å². The molecule has 1 heterocycles. The molecule has 0 fully saturated rings. The molecule has 1 atom stereocenters. The lowest BCUT2D eigenvalue weighted by Gasteiger charge is -2.09. The Morgan fingerprint density at radius 3 is 2.68 bits per heavy atom. The van der Waals surface area contributed by atoms with Crippen molar-refractivity contribution in [1.29, 1.82) is 0 Å². The molecule has 0 saturated heterocycles. The van der Waals surface area contributed by atoms with Crippen molar-refractivity contribution in [2.75, 3.05) is 0 Å². The van der Waals surface area contributed by atoms with E-state index in [1.165, 1.54) is 0 Å². The van der Waals surface area contributed by atoms with Gasteiger partial charge in [-0.3, -0.25) is 10.1 Å². The number of aryl methyl sites for hydroxylation is 2. The molecular weight excluding hydrogens is 328 g/mol. The summed E-state index contributed by atoms with van der Waals surface area (Å²) in [7, 11) is 0. The molecule has 4 nitrogen and oxygen atoms in total. The van der Waals surface area contributed by atoms with E-state index in [0.29, 0.717) is 6.42 Å². The summed E-state index contributed by atoms with van der Waals surface area (Å²) in [5.74, 6) is 0. The van der Waals surface area contributed by atoms with Crippen molar-refractivity contribution in [2.45, 2.75) is 25.1 Å². The topological polar surface area (TPSA) is 56.0 Å². The predicted octanol–water partition coefficient (Wildman–Crippen LogP) is 4.35. The number of para-hydroxylation sites is 1. The summed E-state index contributed by atoms with van der Waals surface area (Å²) in [4.78, 5) is 16.2. The maximum absolute atomic E-state index is 11.0. The average molecular weight is 341 g/mol. The number of nitro groups is 1. The quantitative estimate of drug-likeness (QED) is 0.472. The molecule has 1 unspecified atom stereocenters. The van der Waals surface area contributed by atoms with Crippen molar-refractivity contribution in [3.63, 3.8) is 0 Å².